The Morgan fingerprint density at radius 1 is 0.885 bits per heavy atom. The molecule has 0 aromatic heterocycles. The highest BCUT2D eigenvalue weighted by atomic mass is 16.2. The lowest BCUT2D eigenvalue weighted by Gasteiger charge is -2.38. The molecule has 26 heavy (non-hydrogen) atoms. The first kappa shape index (κ1) is 18.4. The van der Waals surface area contributed by atoms with Crippen LogP contribution in [-0.2, 0) is 9.59 Å². The third kappa shape index (κ3) is 4.06. The monoisotopic (exact) mass is 357 g/mol. The van der Waals surface area contributed by atoms with Crippen molar-refractivity contribution in [3.63, 3.8) is 0 Å². The molecule has 0 bridgehead atoms. The van der Waals surface area contributed by atoms with Crippen molar-refractivity contribution in [3.8, 4) is 0 Å². The minimum atomic E-state index is 0.00428. The van der Waals surface area contributed by atoms with Crippen molar-refractivity contribution in [3.05, 3.63) is 35.4 Å². The van der Waals surface area contributed by atoms with E-state index in [1.165, 1.54) is 0 Å². The number of likely N-dealkylation sites (tertiary alicyclic amines) is 1. The van der Waals surface area contributed by atoms with Crippen molar-refractivity contribution < 1.29 is 14.4 Å². The van der Waals surface area contributed by atoms with Gasteiger partial charge in [0.25, 0.3) is 5.91 Å². The van der Waals surface area contributed by atoms with E-state index >= 15 is 0 Å². The summed E-state index contributed by atoms with van der Waals surface area (Å²) in [6.45, 7) is 7.20. The van der Waals surface area contributed by atoms with Gasteiger partial charge in [-0.05, 0) is 31.9 Å². The van der Waals surface area contributed by atoms with E-state index in [0.29, 0.717) is 44.8 Å². The van der Waals surface area contributed by atoms with Crippen LogP contribution in [0.15, 0.2) is 24.3 Å². The molecule has 2 heterocycles. The summed E-state index contributed by atoms with van der Waals surface area (Å²) in [6.07, 6.45) is 1.47. The fourth-order valence-corrected chi connectivity index (χ4v) is 3.79. The molecule has 140 valence electrons. The van der Waals surface area contributed by atoms with E-state index in [2.05, 4.69) is 0 Å². The highest BCUT2D eigenvalue weighted by Gasteiger charge is 2.31. The molecular weight excluding hydrogens is 330 g/mol. The maximum atomic E-state index is 12.7. The summed E-state index contributed by atoms with van der Waals surface area (Å²) >= 11 is 0. The van der Waals surface area contributed by atoms with Crippen molar-refractivity contribution in [2.45, 2.75) is 26.7 Å². The fourth-order valence-electron chi connectivity index (χ4n) is 3.79. The van der Waals surface area contributed by atoms with Crippen molar-refractivity contribution in [2.75, 3.05) is 39.3 Å². The number of hydrogen-bond donors (Lipinski definition) is 0. The number of piperazine rings is 1. The Balaban J connectivity index is 1.51. The number of hydrogen-bond acceptors (Lipinski definition) is 3. The van der Waals surface area contributed by atoms with E-state index in [-0.39, 0.29) is 23.6 Å². The standard InChI is InChI=1S/C20H27N3O3/c1-15-4-3-5-18(14-15)20(26)23-12-10-22(11-13-23)19(25)17-6-8-21(9-7-17)16(2)24/h3-5,14,17H,6-13H2,1-2H3. The lowest BCUT2D eigenvalue weighted by Crippen LogP contribution is -2.53. The van der Waals surface area contributed by atoms with Gasteiger partial charge in [0, 0.05) is 57.7 Å². The molecule has 0 radical (unpaired) electrons. The van der Waals surface area contributed by atoms with E-state index in [4.69, 9.17) is 0 Å². The normalized spacial score (nSPS) is 18.8. The molecule has 0 spiro atoms. The highest BCUT2D eigenvalue weighted by Crippen LogP contribution is 2.21. The molecule has 0 unspecified atom stereocenters. The van der Waals surface area contributed by atoms with Gasteiger partial charge in [0.05, 0.1) is 0 Å². The Morgan fingerprint density at radius 3 is 2.08 bits per heavy atom. The van der Waals surface area contributed by atoms with Crippen LogP contribution >= 0.6 is 0 Å². The molecule has 2 aliphatic rings. The van der Waals surface area contributed by atoms with Crippen LogP contribution in [0.1, 0.15) is 35.7 Å². The van der Waals surface area contributed by atoms with E-state index in [0.717, 1.165) is 18.4 Å². The van der Waals surface area contributed by atoms with Gasteiger partial charge in [0.1, 0.15) is 0 Å². The Morgan fingerprint density at radius 2 is 1.50 bits per heavy atom. The molecule has 2 fully saturated rings. The minimum Gasteiger partial charge on any atom is -0.343 e. The largest absolute Gasteiger partial charge is 0.343 e. The lowest BCUT2D eigenvalue weighted by molar-refractivity contribution is -0.141. The topological polar surface area (TPSA) is 60.9 Å². The van der Waals surface area contributed by atoms with Crippen LogP contribution in [0.4, 0.5) is 0 Å². The second kappa shape index (κ2) is 7.89. The fraction of sp³-hybridized carbons (Fsp3) is 0.550. The minimum absolute atomic E-state index is 0.00428. The second-order valence-corrected chi connectivity index (χ2v) is 7.27. The van der Waals surface area contributed by atoms with Gasteiger partial charge in [0.2, 0.25) is 11.8 Å². The first-order valence-corrected chi connectivity index (χ1v) is 9.36. The first-order chi connectivity index (χ1) is 12.5. The SMILES string of the molecule is CC(=O)N1CCC(C(=O)N2CCN(C(=O)c3cccc(C)c3)CC2)CC1. The number of carbonyl (C=O) groups is 3. The van der Waals surface area contributed by atoms with Crippen molar-refractivity contribution in [1.82, 2.24) is 14.7 Å². The number of benzene rings is 1. The zero-order valence-corrected chi connectivity index (χ0v) is 15.6. The molecule has 3 amide bonds. The number of aryl methyl sites for hydroxylation is 1. The molecule has 2 aliphatic heterocycles. The maximum Gasteiger partial charge on any atom is 0.253 e. The van der Waals surface area contributed by atoms with Gasteiger partial charge in [-0.15, -0.1) is 0 Å². The molecule has 1 aromatic carbocycles. The zero-order chi connectivity index (χ0) is 18.7. The van der Waals surface area contributed by atoms with Gasteiger partial charge in [-0.2, -0.15) is 0 Å². The Labute approximate surface area is 154 Å². The molecule has 2 saturated heterocycles. The molecular formula is C20H27N3O3. The van der Waals surface area contributed by atoms with E-state index < -0.39 is 0 Å². The lowest BCUT2D eigenvalue weighted by atomic mass is 9.95. The number of rotatable bonds is 2. The molecule has 6 heteroatoms. The number of carbonyl (C=O) groups excluding carboxylic acids is 3. The van der Waals surface area contributed by atoms with E-state index in [1.54, 1.807) is 6.92 Å². The van der Waals surface area contributed by atoms with Crippen LogP contribution in [-0.4, -0.2) is 71.7 Å². The van der Waals surface area contributed by atoms with Gasteiger partial charge in [0.15, 0.2) is 0 Å². The van der Waals surface area contributed by atoms with Gasteiger partial charge >= 0.3 is 0 Å². The molecule has 1 aromatic rings. The number of nitrogens with zero attached hydrogens (tertiary/aromatic N) is 3. The first-order valence-electron chi connectivity index (χ1n) is 9.36. The number of piperidine rings is 1. The van der Waals surface area contributed by atoms with Crippen LogP contribution in [0, 0.1) is 12.8 Å². The zero-order valence-electron chi connectivity index (χ0n) is 15.6. The third-order valence-electron chi connectivity index (χ3n) is 5.43. The Kier molecular flexibility index (Phi) is 5.59. The second-order valence-electron chi connectivity index (χ2n) is 7.27. The molecule has 6 nitrogen and oxygen atoms in total. The van der Waals surface area contributed by atoms with Crippen molar-refractivity contribution >= 4 is 17.7 Å². The van der Waals surface area contributed by atoms with Gasteiger partial charge in [-0.3, -0.25) is 14.4 Å². The van der Waals surface area contributed by atoms with Gasteiger partial charge in [-0.1, -0.05) is 17.7 Å². The summed E-state index contributed by atoms with van der Waals surface area (Å²) in [7, 11) is 0. The predicted molar refractivity (Wildman–Crippen MR) is 98.6 cm³/mol. The average Bonchev–Trinajstić information content (AvgIpc) is 2.67. The van der Waals surface area contributed by atoms with Crippen LogP contribution in [0.5, 0.6) is 0 Å². The molecule has 0 saturated carbocycles. The summed E-state index contributed by atoms with van der Waals surface area (Å²) < 4.78 is 0. The summed E-state index contributed by atoms with van der Waals surface area (Å²) in [5.41, 5.74) is 1.78. The summed E-state index contributed by atoms with van der Waals surface area (Å²) in [5.74, 6) is 0.301. The quantitative estimate of drug-likeness (QED) is 0.807. The molecule has 3 rings (SSSR count). The summed E-state index contributed by atoms with van der Waals surface area (Å²) in [5, 5.41) is 0. The summed E-state index contributed by atoms with van der Waals surface area (Å²) in [4.78, 5) is 42.3. The van der Waals surface area contributed by atoms with Gasteiger partial charge < -0.3 is 14.7 Å². The maximum absolute atomic E-state index is 12.7. The number of amides is 3. The van der Waals surface area contributed by atoms with Crippen LogP contribution in [0.3, 0.4) is 0 Å². The average molecular weight is 357 g/mol. The van der Waals surface area contributed by atoms with Crippen molar-refractivity contribution in [1.29, 1.82) is 0 Å². The van der Waals surface area contributed by atoms with E-state index in [1.807, 2.05) is 45.9 Å². The highest BCUT2D eigenvalue weighted by molar-refractivity contribution is 5.94. The van der Waals surface area contributed by atoms with Crippen molar-refractivity contribution in [2.24, 2.45) is 5.92 Å². The molecule has 0 aliphatic carbocycles. The van der Waals surface area contributed by atoms with Crippen LogP contribution in [0.2, 0.25) is 0 Å². The molecule has 0 atom stereocenters. The van der Waals surface area contributed by atoms with Crippen LogP contribution < -0.4 is 0 Å². The summed E-state index contributed by atoms with van der Waals surface area (Å²) in [6, 6.07) is 7.62. The van der Waals surface area contributed by atoms with E-state index in [9.17, 15) is 14.4 Å². The third-order valence-corrected chi connectivity index (χ3v) is 5.43. The van der Waals surface area contributed by atoms with Crippen LogP contribution in [0.25, 0.3) is 0 Å². The van der Waals surface area contributed by atoms with Gasteiger partial charge in [-0.25, -0.2) is 0 Å². The predicted octanol–water partition coefficient (Wildman–Crippen LogP) is 1.54. The molecule has 0 N–H and O–H groups in total. The Hall–Kier alpha value is -2.37. The smallest absolute Gasteiger partial charge is 0.253 e. The Bertz CT molecular complexity index is 687.